The van der Waals surface area contributed by atoms with E-state index in [0.29, 0.717) is 24.2 Å². The molecule has 0 aliphatic carbocycles. The van der Waals surface area contributed by atoms with Crippen LogP contribution >= 0.6 is 0 Å². The molecule has 0 bridgehead atoms. The number of hydrogen-bond acceptors (Lipinski definition) is 6. The van der Waals surface area contributed by atoms with Crippen LogP contribution in [0.2, 0.25) is 0 Å². The molecule has 0 saturated carbocycles. The van der Waals surface area contributed by atoms with Gasteiger partial charge in [0.05, 0.1) is 18.2 Å². The van der Waals surface area contributed by atoms with Gasteiger partial charge in [0.25, 0.3) is 0 Å². The molecule has 0 spiro atoms. The largest absolute Gasteiger partial charge is 0.464 e. The summed E-state index contributed by atoms with van der Waals surface area (Å²) in [7, 11) is 0. The van der Waals surface area contributed by atoms with Gasteiger partial charge in [0.15, 0.2) is 0 Å². The maximum absolute atomic E-state index is 13.1. The Morgan fingerprint density at radius 3 is 2.56 bits per heavy atom. The highest BCUT2D eigenvalue weighted by Crippen LogP contribution is 2.32. The smallest absolute Gasteiger partial charge is 0.340 e. The number of pyridine rings is 1. The molecule has 1 saturated heterocycles. The van der Waals surface area contributed by atoms with E-state index in [9.17, 15) is 9.59 Å². The van der Waals surface area contributed by atoms with Crippen molar-refractivity contribution in [1.29, 1.82) is 0 Å². The first-order chi connectivity index (χ1) is 16.4. The number of benzene rings is 1. The van der Waals surface area contributed by atoms with E-state index in [2.05, 4.69) is 9.88 Å². The van der Waals surface area contributed by atoms with E-state index >= 15 is 0 Å². The second kappa shape index (κ2) is 9.06. The quantitative estimate of drug-likeness (QED) is 0.423. The number of hydrogen-bond donors (Lipinski definition) is 0. The van der Waals surface area contributed by atoms with Crippen LogP contribution in [0.1, 0.15) is 27.9 Å². The molecular formula is C27H29N3O4. The zero-order chi connectivity index (χ0) is 23.8. The number of aryl methyl sites for hydroxylation is 3. The topological polar surface area (TPSA) is 79.8 Å². The van der Waals surface area contributed by atoms with Crippen molar-refractivity contribution in [2.45, 2.75) is 33.6 Å². The van der Waals surface area contributed by atoms with Gasteiger partial charge < -0.3 is 13.7 Å². The predicted molar refractivity (Wildman–Crippen MR) is 131 cm³/mol. The fourth-order valence-corrected chi connectivity index (χ4v) is 4.83. The van der Waals surface area contributed by atoms with Crippen molar-refractivity contribution in [3.05, 3.63) is 75.1 Å². The summed E-state index contributed by atoms with van der Waals surface area (Å²) < 4.78 is 11.4. The van der Waals surface area contributed by atoms with E-state index < -0.39 is 5.63 Å². The summed E-state index contributed by atoms with van der Waals surface area (Å²) in [5.41, 5.74) is 4.98. The molecule has 176 valence electrons. The number of rotatable bonds is 5. The first kappa shape index (κ1) is 22.3. The molecule has 7 nitrogen and oxygen atoms in total. The monoisotopic (exact) mass is 459 g/mol. The van der Waals surface area contributed by atoms with E-state index in [-0.39, 0.29) is 12.3 Å². The van der Waals surface area contributed by atoms with Crippen LogP contribution in [-0.2, 0) is 17.6 Å². The van der Waals surface area contributed by atoms with E-state index in [0.717, 1.165) is 64.8 Å². The van der Waals surface area contributed by atoms with Gasteiger partial charge in [-0.15, -0.1) is 0 Å². The van der Waals surface area contributed by atoms with Crippen LogP contribution < -0.4 is 5.63 Å². The Hall–Kier alpha value is -3.45. The summed E-state index contributed by atoms with van der Waals surface area (Å²) in [5.74, 6) is -0.0311. The molecule has 1 aliphatic heterocycles. The molecular weight excluding hydrogens is 430 g/mol. The van der Waals surface area contributed by atoms with Crippen LogP contribution in [-0.4, -0.2) is 53.4 Å². The first-order valence-corrected chi connectivity index (χ1v) is 11.8. The lowest BCUT2D eigenvalue weighted by Crippen LogP contribution is -2.49. The van der Waals surface area contributed by atoms with E-state index in [1.807, 2.05) is 56.1 Å². The average molecular weight is 460 g/mol. The van der Waals surface area contributed by atoms with Gasteiger partial charge in [0, 0.05) is 67.4 Å². The van der Waals surface area contributed by atoms with Gasteiger partial charge in [-0.05, 0) is 50.1 Å². The third-order valence-corrected chi connectivity index (χ3v) is 7.00. The van der Waals surface area contributed by atoms with Gasteiger partial charge in [-0.25, -0.2) is 4.79 Å². The van der Waals surface area contributed by atoms with Crippen molar-refractivity contribution in [3.63, 3.8) is 0 Å². The SMILES string of the molecule is Cc1coc2c(C)c3oc(=O)c(CC(=O)N4CCN(CCc5ccccn5)CC4)c(C)c3cc12. The van der Waals surface area contributed by atoms with Crippen molar-refractivity contribution in [2.75, 3.05) is 32.7 Å². The Morgan fingerprint density at radius 2 is 1.82 bits per heavy atom. The second-order valence-electron chi connectivity index (χ2n) is 9.14. The number of carbonyl (C=O) groups excluding carboxylic acids is 1. The number of nitrogens with zero attached hydrogens (tertiary/aromatic N) is 3. The second-order valence-corrected chi connectivity index (χ2v) is 9.14. The van der Waals surface area contributed by atoms with Gasteiger partial charge in [0.1, 0.15) is 11.2 Å². The van der Waals surface area contributed by atoms with Crippen molar-refractivity contribution in [1.82, 2.24) is 14.8 Å². The maximum Gasteiger partial charge on any atom is 0.340 e. The molecule has 0 N–H and O–H groups in total. The third kappa shape index (κ3) is 4.12. The highest BCUT2D eigenvalue weighted by Gasteiger charge is 2.24. The van der Waals surface area contributed by atoms with Crippen LogP contribution in [0, 0.1) is 20.8 Å². The zero-order valence-electron chi connectivity index (χ0n) is 19.9. The summed E-state index contributed by atoms with van der Waals surface area (Å²) in [6, 6.07) is 7.97. The maximum atomic E-state index is 13.1. The van der Waals surface area contributed by atoms with Crippen molar-refractivity contribution < 1.29 is 13.6 Å². The summed E-state index contributed by atoms with van der Waals surface area (Å²) in [4.78, 5) is 34.5. The van der Waals surface area contributed by atoms with Gasteiger partial charge >= 0.3 is 5.63 Å². The third-order valence-electron chi connectivity index (χ3n) is 7.00. The average Bonchev–Trinajstić information content (AvgIpc) is 3.23. The molecule has 0 radical (unpaired) electrons. The van der Waals surface area contributed by atoms with Crippen molar-refractivity contribution >= 4 is 27.8 Å². The standard InChI is InChI=1S/C27H29N3O4/c1-17-16-33-25-19(3)26-22(14-21(17)25)18(2)23(27(32)34-26)15-24(31)30-12-10-29(11-13-30)9-7-20-6-4-5-8-28-20/h4-6,8,14,16H,7,9-13,15H2,1-3H3. The van der Waals surface area contributed by atoms with E-state index in [4.69, 9.17) is 8.83 Å². The minimum Gasteiger partial charge on any atom is -0.464 e. The fraction of sp³-hybridized carbons (Fsp3) is 0.370. The van der Waals surface area contributed by atoms with Gasteiger partial charge in [-0.1, -0.05) is 6.07 Å². The minimum absolute atomic E-state index is 0.0311. The molecule has 3 aromatic heterocycles. The molecule has 0 atom stereocenters. The molecule has 1 amide bonds. The first-order valence-electron chi connectivity index (χ1n) is 11.8. The lowest BCUT2D eigenvalue weighted by molar-refractivity contribution is -0.132. The number of furan rings is 1. The molecule has 5 rings (SSSR count). The van der Waals surface area contributed by atoms with Crippen LogP contribution in [0.4, 0.5) is 0 Å². The fourth-order valence-electron chi connectivity index (χ4n) is 4.83. The van der Waals surface area contributed by atoms with E-state index in [1.54, 1.807) is 6.26 Å². The summed E-state index contributed by atoms with van der Waals surface area (Å²) in [6.07, 6.45) is 4.48. The molecule has 34 heavy (non-hydrogen) atoms. The molecule has 1 aliphatic rings. The Morgan fingerprint density at radius 1 is 1.03 bits per heavy atom. The lowest BCUT2D eigenvalue weighted by atomic mass is 9.99. The van der Waals surface area contributed by atoms with Gasteiger partial charge in [-0.2, -0.15) is 0 Å². The number of fused-ring (bicyclic) bond motifs is 2. The molecule has 4 aromatic rings. The molecule has 4 heterocycles. The molecule has 7 heteroatoms. The molecule has 1 aromatic carbocycles. The summed E-state index contributed by atoms with van der Waals surface area (Å²) >= 11 is 0. The normalized spacial score (nSPS) is 14.9. The van der Waals surface area contributed by atoms with Crippen molar-refractivity contribution in [3.8, 4) is 0 Å². The Bertz CT molecular complexity index is 1410. The highest BCUT2D eigenvalue weighted by molar-refractivity contribution is 6.00. The van der Waals surface area contributed by atoms with Gasteiger partial charge in [-0.3, -0.25) is 14.7 Å². The number of piperazine rings is 1. The predicted octanol–water partition coefficient (Wildman–Crippen LogP) is 3.79. The Kier molecular flexibility index (Phi) is 5.96. The minimum atomic E-state index is -0.446. The van der Waals surface area contributed by atoms with Crippen LogP contribution in [0.5, 0.6) is 0 Å². The number of carbonyl (C=O) groups is 1. The number of aromatic nitrogens is 1. The molecule has 0 unspecified atom stereocenters. The Labute approximate surface area is 198 Å². The van der Waals surface area contributed by atoms with Crippen LogP contribution in [0.3, 0.4) is 0 Å². The summed E-state index contributed by atoms with van der Waals surface area (Å²) in [5, 5.41) is 1.86. The van der Waals surface area contributed by atoms with Crippen LogP contribution in [0.15, 0.2) is 50.4 Å². The number of amides is 1. The highest BCUT2D eigenvalue weighted by atomic mass is 16.4. The zero-order valence-corrected chi connectivity index (χ0v) is 19.9. The van der Waals surface area contributed by atoms with Crippen molar-refractivity contribution in [2.24, 2.45) is 0 Å². The molecule has 1 fully saturated rings. The lowest BCUT2D eigenvalue weighted by Gasteiger charge is -2.34. The Balaban J connectivity index is 1.29. The van der Waals surface area contributed by atoms with E-state index in [1.165, 1.54) is 0 Å². The van der Waals surface area contributed by atoms with Gasteiger partial charge in [0.2, 0.25) is 5.91 Å². The summed E-state index contributed by atoms with van der Waals surface area (Å²) in [6.45, 7) is 9.67. The van der Waals surface area contributed by atoms with Crippen LogP contribution in [0.25, 0.3) is 21.9 Å².